The molecular weight excluding hydrogens is 408 g/mol. The first-order valence-electron chi connectivity index (χ1n) is 10.7. The molecule has 7 heteroatoms. The Morgan fingerprint density at radius 2 is 1.66 bits per heavy atom. The van der Waals surface area contributed by atoms with Crippen LogP contribution in [0.1, 0.15) is 37.3 Å². The van der Waals surface area contributed by atoms with Crippen molar-refractivity contribution in [3.63, 3.8) is 0 Å². The summed E-state index contributed by atoms with van der Waals surface area (Å²) in [7, 11) is 0. The number of carbonyl (C=O) groups excluding carboxylic acids is 2. The predicted octanol–water partition coefficient (Wildman–Crippen LogP) is 3.70. The van der Waals surface area contributed by atoms with Crippen LogP contribution in [0.25, 0.3) is 11.1 Å². The standard InChI is InChI=1S/C25H28N2O5/c1-3-16(2)23(24(30)26-14-8-13-22(28)29)27-25(31)32-15-21-19-11-6-4-9-17(19)18-10-5-7-12-20(18)21/h4-13,16,21,23H,3,14-15H2,1-2H3,(H,26,30)(H,27,31)(H,28,29)/b13-8+/t16?,23-/m0/s1. The molecule has 0 fully saturated rings. The summed E-state index contributed by atoms with van der Waals surface area (Å²) in [6.45, 7) is 4.01. The van der Waals surface area contributed by atoms with E-state index in [9.17, 15) is 14.4 Å². The van der Waals surface area contributed by atoms with Gasteiger partial charge in [-0.25, -0.2) is 9.59 Å². The Morgan fingerprint density at radius 3 is 2.22 bits per heavy atom. The number of alkyl carbamates (subject to hydrolysis) is 1. The minimum atomic E-state index is -1.09. The van der Waals surface area contributed by atoms with Gasteiger partial charge >= 0.3 is 12.1 Å². The number of carboxylic acids is 1. The smallest absolute Gasteiger partial charge is 0.407 e. The largest absolute Gasteiger partial charge is 0.478 e. The molecule has 0 saturated heterocycles. The van der Waals surface area contributed by atoms with Crippen molar-refractivity contribution in [3.8, 4) is 11.1 Å². The van der Waals surface area contributed by atoms with E-state index < -0.39 is 18.1 Å². The minimum Gasteiger partial charge on any atom is -0.478 e. The summed E-state index contributed by atoms with van der Waals surface area (Å²) in [6.07, 6.45) is 2.30. The summed E-state index contributed by atoms with van der Waals surface area (Å²) in [4.78, 5) is 35.7. The van der Waals surface area contributed by atoms with Crippen molar-refractivity contribution in [1.29, 1.82) is 0 Å². The van der Waals surface area contributed by atoms with E-state index in [0.29, 0.717) is 6.42 Å². The summed E-state index contributed by atoms with van der Waals surface area (Å²) in [6, 6.07) is 15.4. The molecule has 0 bridgehead atoms. The zero-order valence-corrected chi connectivity index (χ0v) is 18.2. The summed E-state index contributed by atoms with van der Waals surface area (Å²) in [5, 5.41) is 13.9. The van der Waals surface area contributed by atoms with E-state index in [0.717, 1.165) is 28.3 Å². The third-order valence-electron chi connectivity index (χ3n) is 5.77. The Balaban J connectivity index is 1.63. The highest BCUT2D eigenvalue weighted by Gasteiger charge is 2.30. The number of ether oxygens (including phenoxy) is 1. The maximum atomic E-state index is 12.6. The van der Waals surface area contributed by atoms with Gasteiger partial charge in [-0.05, 0) is 28.2 Å². The normalized spacial score (nSPS) is 14.3. The molecule has 0 spiro atoms. The van der Waals surface area contributed by atoms with Crippen LogP contribution in [0, 0.1) is 5.92 Å². The molecule has 2 aromatic rings. The van der Waals surface area contributed by atoms with Gasteiger partial charge in [-0.3, -0.25) is 4.79 Å². The number of carbonyl (C=O) groups is 3. The minimum absolute atomic E-state index is 0.0600. The molecule has 2 aromatic carbocycles. The molecule has 0 heterocycles. The Bertz CT molecular complexity index is 971. The lowest BCUT2D eigenvalue weighted by atomic mass is 9.98. The molecule has 0 radical (unpaired) electrons. The van der Waals surface area contributed by atoms with Crippen LogP contribution in [0.15, 0.2) is 60.7 Å². The topological polar surface area (TPSA) is 105 Å². The van der Waals surface area contributed by atoms with Gasteiger partial charge in [0.2, 0.25) is 5.91 Å². The van der Waals surface area contributed by atoms with Gasteiger partial charge in [-0.15, -0.1) is 0 Å². The Morgan fingerprint density at radius 1 is 1.06 bits per heavy atom. The van der Waals surface area contributed by atoms with Crippen molar-refractivity contribution in [1.82, 2.24) is 10.6 Å². The van der Waals surface area contributed by atoms with Crippen LogP contribution in [-0.2, 0) is 14.3 Å². The fourth-order valence-electron chi connectivity index (χ4n) is 3.90. The number of carboxylic acid groups (broad SMARTS) is 1. The summed E-state index contributed by atoms with van der Waals surface area (Å²) in [5.74, 6) is -1.67. The zero-order chi connectivity index (χ0) is 23.1. The number of hydrogen-bond donors (Lipinski definition) is 3. The lowest BCUT2D eigenvalue weighted by Gasteiger charge is -2.23. The summed E-state index contributed by atoms with van der Waals surface area (Å²) < 4.78 is 5.55. The molecule has 0 saturated carbocycles. The van der Waals surface area contributed by atoms with Crippen LogP contribution < -0.4 is 10.6 Å². The van der Waals surface area contributed by atoms with Crippen LogP contribution >= 0.6 is 0 Å². The van der Waals surface area contributed by atoms with Gasteiger partial charge in [0.15, 0.2) is 0 Å². The number of rotatable bonds is 9. The molecule has 7 nitrogen and oxygen atoms in total. The van der Waals surface area contributed by atoms with Gasteiger partial charge in [0, 0.05) is 18.5 Å². The van der Waals surface area contributed by atoms with Crippen LogP contribution in [0.5, 0.6) is 0 Å². The van der Waals surface area contributed by atoms with E-state index in [4.69, 9.17) is 9.84 Å². The lowest BCUT2D eigenvalue weighted by Crippen LogP contribution is -2.50. The molecule has 168 valence electrons. The van der Waals surface area contributed by atoms with Crippen molar-refractivity contribution in [3.05, 3.63) is 71.8 Å². The number of hydrogen-bond acceptors (Lipinski definition) is 4. The highest BCUT2D eigenvalue weighted by atomic mass is 16.5. The first kappa shape index (κ1) is 23.1. The fraction of sp³-hybridized carbons (Fsp3) is 0.320. The number of aliphatic carboxylic acids is 1. The van der Waals surface area contributed by atoms with Gasteiger partial charge in [0.05, 0.1) is 0 Å². The first-order valence-corrected chi connectivity index (χ1v) is 10.7. The van der Waals surface area contributed by atoms with E-state index in [1.165, 1.54) is 6.08 Å². The quantitative estimate of drug-likeness (QED) is 0.520. The van der Waals surface area contributed by atoms with Crippen molar-refractivity contribution in [2.75, 3.05) is 13.2 Å². The predicted molar refractivity (Wildman–Crippen MR) is 121 cm³/mol. The molecule has 32 heavy (non-hydrogen) atoms. The number of benzene rings is 2. The molecule has 0 aromatic heterocycles. The SMILES string of the molecule is CCC(C)[C@H](NC(=O)OCC1c2ccccc2-c2ccccc21)C(=O)NC/C=C/C(=O)O. The summed E-state index contributed by atoms with van der Waals surface area (Å²) >= 11 is 0. The molecule has 2 amide bonds. The molecule has 2 atom stereocenters. The van der Waals surface area contributed by atoms with Gasteiger partial charge in [0.1, 0.15) is 12.6 Å². The molecule has 0 aliphatic heterocycles. The monoisotopic (exact) mass is 436 g/mol. The average molecular weight is 437 g/mol. The Kier molecular flexibility index (Phi) is 7.65. The van der Waals surface area contributed by atoms with Crippen LogP contribution in [0.2, 0.25) is 0 Å². The van der Waals surface area contributed by atoms with Gasteiger partial charge in [-0.1, -0.05) is 74.9 Å². The van der Waals surface area contributed by atoms with Crippen LogP contribution in [0.4, 0.5) is 4.79 Å². The molecule has 1 aliphatic rings. The van der Waals surface area contributed by atoms with E-state index in [2.05, 4.69) is 22.8 Å². The van der Waals surface area contributed by atoms with E-state index >= 15 is 0 Å². The maximum absolute atomic E-state index is 12.6. The Hall–Kier alpha value is -3.61. The van der Waals surface area contributed by atoms with Crippen molar-refractivity contribution in [2.24, 2.45) is 5.92 Å². The average Bonchev–Trinajstić information content (AvgIpc) is 3.12. The van der Waals surface area contributed by atoms with Crippen molar-refractivity contribution >= 4 is 18.0 Å². The van der Waals surface area contributed by atoms with Crippen LogP contribution in [0.3, 0.4) is 0 Å². The molecule has 1 unspecified atom stereocenters. The summed E-state index contributed by atoms with van der Waals surface area (Å²) in [5.41, 5.74) is 4.51. The third-order valence-corrected chi connectivity index (χ3v) is 5.77. The second kappa shape index (κ2) is 10.6. The number of nitrogens with one attached hydrogen (secondary N) is 2. The molecular formula is C25H28N2O5. The van der Waals surface area contributed by atoms with E-state index in [1.54, 1.807) is 0 Å². The van der Waals surface area contributed by atoms with Gasteiger partial charge in [-0.2, -0.15) is 0 Å². The Labute approximate surface area is 187 Å². The van der Waals surface area contributed by atoms with Crippen LogP contribution in [-0.4, -0.2) is 42.3 Å². The number of fused-ring (bicyclic) bond motifs is 3. The zero-order valence-electron chi connectivity index (χ0n) is 18.2. The van der Waals surface area contributed by atoms with Gasteiger partial charge in [0.25, 0.3) is 0 Å². The van der Waals surface area contributed by atoms with E-state index in [1.807, 2.05) is 50.2 Å². The maximum Gasteiger partial charge on any atom is 0.407 e. The molecule has 1 aliphatic carbocycles. The highest BCUT2D eigenvalue weighted by Crippen LogP contribution is 2.44. The van der Waals surface area contributed by atoms with Crippen molar-refractivity contribution < 1.29 is 24.2 Å². The lowest BCUT2D eigenvalue weighted by molar-refractivity contribution is -0.131. The van der Waals surface area contributed by atoms with Crippen molar-refractivity contribution in [2.45, 2.75) is 32.2 Å². The first-order chi connectivity index (χ1) is 15.4. The van der Waals surface area contributed by atoms with Gasteiger partial charge < -0.3 is 20.5 Å². The molecule has 3 N–H and O–H groups in total. The second-order valence-corrected chi connectivity index (χ2v) is 7.82. The molecule has 3 rings (SSSR count). The van der Waals surface area contributed by atoms with E-state index in [-0.39, 0.29) is 30.9 Å². The second-order valence-electron chi connectivity index (χ2n) is 7.82. The third kappa shape index (κ3) is 5.35. The highest BCUT2D eigenvalue weighted by molar-refractivity contribution is 5.86. The number of amides is 2. The fourth-order valence-corrected chi connectivity index (χ4v) is 3.90.